The van der Waals surface area contributed by atoms with Crippen LogP contribution >= 0.6 is 24.8 Å². The molecule has 1 heterocycles. The predicted molar refractivity (Wildman–Crippen MR) is 72.7 cm³/mol. The molecule has 0 bridgehead atoms. The maximum atomic E-state index is 12.5. The van der Waals surface area contributed by atoms with Gasteiger partial charge in [0.25, 0.3) is 0 Å². The van der Waals surface area contributed by atoms with Crippen molar-refractivity contribution in [2.24, 2.45) is 5.73 Å². The largest absolute Gasteiger partial charge is 0.338 e. The standard InChI is InChI=1S/C10H16F2N4O.2ClH/c1-7(13)5-9(17)15(2)6-8-14-3-4-16(8)10(11)12;;/h3-4,7,10H,5-6,13H2,1-2H3;2*1H. The van der Waals surface area contributed by atoms with Gasteiger partial charge in [0.1, 0.15) is 5.82 Å². The third-order valence-corrected chi connectivity index (χ3v) is 2.26. The van der Waals surface area contributed by atoms with E-state index in [0.717, 1.165) is 4.57 Å². The highest BCUT2D eigenvalue weighted by Gasteiger charge is 2.16. The van der Waals surface area contributed by atoms with Gasteiger partial charge in [-0.15, -0.1) is 24.8 Å². The molecule has 0 spiro atoms. The van der Waals surface area contributed by atoms with Crippen LogP contribution in [0.25, 0.3) is 0 Å². The highest BCUT2D eigenvalue weighted by molar-refractivity contribution is 5.85. The smallest absolute Gasteiger partial charge is 0.319 e. The average molecular weight is 319 g/mol. The van der Waals surface area contributed by atoms with E-state index in [1.807, 2.05) is 0 Å². The first-order chi connectivity index (χ1) is 7.91. The summed E-state index contributed by atoms with van der Waals surface area (Å²) in [7, 11) is 1.54. The summed E-state index contributed by atoms with van der Waals surface area (Å²) in [5.41, 5.74) is 5.49. The number of halogens is 4. The Labute approximate surface area is 123 Å². The fourth-order valence-corrected chi connectivity index (χ4v) is 1.38. The van der Waals surface area contributed by atoms with Gasteiger partial charge in [-0.25, -0.2) is 4.98 Å². The highest BCUT2D eigenvalue weighted by Crippen LogP contribution is 2.13. The van der Waals surface area contributed by atoms with E-state index in [1.165, 1.54) is 24.3 Å². The number of imidazole rings is 1. The molecule has 0 saturated heterocycles. The van der Waals surface area contributed by atoms with E-state index < -0.39 is 6.55 Å². The molecule has 1 atom stereocenters. The lowest BCUT2D eigenvalue weighted by Gasteiger charge is -2.18. The van der Waals surface area contributed by atoms with Crippen LogP contribution in [0, 0.1) is 0 Å². The molecule has 0 aliphatic heterocycles. The third-order valence-electron chi connectivity index (χ3n) is 2.26. The maximum Gasteiger partial charge on any atom is 0.319 e. The van der Waals surface area contributed by atoms with Gasteiger partial charge < -0.3 is 10.6 Å². The van der Waals surface area contributed by atoms with Crippen LogP contribution < -0.4 is 5.73 Å². The Morgan fingerprint density at radius 2 is 2.11 bits per heavy atom. The van der Waals surface area contributed by atoms with Crippen molar-refractivity contribution in [2.45, 2.75) is 32.5 Å². The molecule has 9 heteroatoms. The van der Waals surface area contributed by atoms with Crippen LogP contribution in [0.2, 0.25) is 0 Å². The third kappa shape index (κ3) is 6.17. The Morgan fingerprint density at radius 3 is 2.58 bits per heavy atom. The molecule has 1 amide bonds. The number of carbonyl (C=O) groups excluding carboxylic acids is 1. The highest BCUT2D eigenvalue weighted by atomic mass is 35.5. The van der Waals surface area contributed by atoms with Gasteiger partial charge in [0.05, 0.1) is 6.54 Å². The van der Waals surface area contributed by atoms with E-state index in [4.69, 9.17) is 5.73 Å². The van der Waals surface area contributed by atoms with E-state index in [9.17, 15) is 13.6 Å². The van der Waals surface area contributed by atoms with Crippen LogP contribution in [0.4, 0.5) is 8.78 Å². The van der Waals surface area contributed by atoms with E-state index >= 15 is 0 Å². The zero-order valence-corrected chi connectivity index (χ0v) is 12.3. The van der Waals surface area contributed by atoms with Gasteiger partial charge in [-0.2, -0.15) is 8.78 Å². The zero-order chi connectivity index (χ0) is 13.0. The lowest BCUT2D eigenvalue weighted by atomic mass is 10.2. The Bertz CT molecular complexity index is 387. The number of nitrogens with two attached hydrogens (primary N) is 1. The number of nitrogens with zero attached hydrogens (tertiary/aromatic N) is 3. The fourth-order valence-electron chi connectivity index (χ4n) is 1.38. The van der Waals surface area contributed by atoms with Crippen LogP contribution in [-0.4, -0.2) is 33.4 Å². The molecule has 1 aromatic rings. The Balaban J connectivity index is 0. The molecule has 1 aromatic heterocycles. The number of hydrogen-bond donors (Lipinski definition) is 1. The Morgan fingerprint density at radius 1 is 1.53 bits per heavy atom. The van der Waals surface area contributed by atoms with Crippen molar-refractivity contribution in [3.05, 3.63) is 18.2 Å². The number of rotatable bonds is 5. The molecule has 0 aromatic carbocycles. The number of carbonyl (C=O) groups is 1. The normalized spacial score (nSPS) is 11.5. The number of alkyl halides is 2. The minimum atomic E-state index is -2.65. The van der Waals surface area contributed by atoms with Crippen molar-refractivity contribution in [1.82, 2.24) is 14.5 Å². The van der Waals surface area contributed by atoms with Gasteiger partial charge in [-0.05, 0) is 6.92 Å². The van der Waals surface area contributed by atoms with Crippen LogP contribution in [0.5, 0.6) is 0 Å². The van der Waals surface area contributed by atoms with Crippen molar-refractivity contribution in [2.75, 3.05) is 7.05 Å². The monoisotopic (exact) mass is 318 g/mol. The first-order valence-corrected chi connectivity index (χ1v) is 5.21. The quantitative estimate of drug-likeness (QED) is 0.900. The Kier molecular flexibility index (Phi) is 9.73. The van der Waals surface area contributed by atoms with Crippen LogP contribution in [0.15, 0.2) is 12.4 Å². The van der Waals surface area contributed by atoms with Crippen LogP contribution in [0.3, 0.4) is 0 Å². The molecule has 2 N–H and O–H groups in total. The second-order valence-corrected chi connectivity index (χ2v) is 3.96. The summed E-state index contributed by atoms with van der Waals surface area (Å²) in [5.74, 6) is -0.0376. The van der Waals surface area contributed by atoms with Crippen LogP contribution in [0.1, 0.15) is 25.7 Å². The summed E-state index contributed by atoms with van der Waals surface area (Å²) in [5, 5.41) is 0. The first kappa shape index (κ1) is 20.4. The van der Waals surface area contributed by atoms with Gasteiger partial charge >= 0.3 is 6.55 Å². The van der Waals surface area contributed by atoms with Crippen molar-refractivity contribution in [3.63, 3.8) is 0 Å². The lowest BCUT2D eigenvalue weighted by molar-refractivity contribution is -0.130. The summed E-state index contributed by atoms with van der Waals surface area (Å²) in [6.07, 6.45) is 2.65. The minimum Gasteiger partial charge on any atom is -0.338 e. The molecule has 0 aliphatic carbocycles. The van der Waals surface area contributed by atoms with Gasteiger partial charge in [-0.1, -0.05) is 0 Å². The lowest BCUT2D eigenvalue weighted by Crippen LogP contribution is -2.32. The van der Waals surface area contributed by atoms with Gasteiger partial charge in [0, 0.05) is 31.9 Å². The maximum absolute atomic E-state index is 12.5. The summed E-state index contributed by atoms with van der Waals surface area (Å²) in [6, 6.07) is -0.250. The van der Waals surface area contributed by atoms with Gasteiger partial charge in [0.15, 0.2) is 0 Å². The second-order valence-electron chi connectivity index (χ2n) is 3.96. The molecule has 0 fully saturated rings. The molecular formula is C10H18Cl2F2N4O. The molecule has 19 heavy (non-hydrogen) atoms. The van der Waals surface area contributed by atoms with E-state index in [2.05, 4.69) is 4.98 Å². The van der Waals surface area contributed by atoms with Gasteiger partial charge in [-0.3, -0.25) is 9.36 Å². The zero-order valence-electron chi connectivity index (χ0n) is 10.6. The number of hydrogen-bond acceptors (Lipinski definition) is 3. The van der Waals surface area contributed by atoms with Crippen molar-refractivity contribution in [3.8, 4) is 0 Å². The number of aromatic nitrogens is 2. The average Bonchev–Trinajstić information content (AvgIpc) is 2.64. The minimum absolute atomic E-state index is 0. The molecule has 1 rings (SSSR count). The van der Waals surface area contributed by atoms with Crippen LogP contribution in [-0.2, 0) is 11.3 Å². The summed E-state index contributed by atoms with van der Waals surface area (Å²) in [4.78, 5) is 16.7. The van der Waals surface area contributed by atoms with Gasteiger partial charge in [0.2, 0.25) is 5.91 Å². The molecule has 1 unspecified atom stereocenters. The van der Waals surface area contributed by atoms with E-state index in [-0.39, 0.29) is 55.6 Å². The first-order valence-electron chi connectivity index (χ1n) is 5.21. The summed E-state index contributed by atoms with van der Waals surface area (Å²) >= 11 is 0. The fraction of sp³-hybridized carbons (Fsp3) is 0.600. The number of amides is 1. The predicted octanol–water partition coefficient (Wildman–Crippen LogP) is 1.82. The molecule has 0 saturated carbocycles. The summed E-state index contributed by atoms with van der Waals surface area (Å²) in [6.45, 7) is -0.890. The SMILES string of the molecule is CC(N)CC(=O)N(C)Cc1nccn1C(F)F.Cl.Cl. The van der Waals surface area contributed by atoms with Crippen molar-refractivity contribution >= 4 is 30.7 Å². The second kappa shape index (κ2) is 9.06. The molecule has 5 nitrogen and oxygen atoms in total. The molecule has 0 radical (unpaired) electrons. The summed E-state index contributed by atoms with van der Waals surface area (Å²) < 4.78 is 25.8. The molecule has 112 valence electrons. The van der Waals surface area contributed by atoms with E-state index in [1.54, 1.807) is 6.92 Å². The Hall–Kier alpha value is -0.920. The van der Waals surface area contributed by atoms with E-state index in [0.29, 0.717) is 0 Å². The molecular weight excluding hydrogens is 301 g/mol. The topological polar surface area (TPSA) is 64.2 Å². The van der Waals surface area contributed by atoms with Crippen molar-refractivity contribution < 1.29 is 13.6 Å². The van der Waals surface area contributed by atoms with Crippen molar-refractivity contribution in [1.29, 1.82) is 0 Å². The molecule has 0 aliphatic rings.